The predicted octanol–water partition coefficient (Wildman–Crippen LogP) is 1.32. The Balaban J connectivity index is 4.26. The summed E-state index contributed by atoms with van der Waals surface area (Å²) < 4.78 is 9.57. The topological polar surface area (TPSA) is 47.6 Å². The third kappa shape index (κ3) is 3.94. The van der Waals surface area contributed by atoms with E-state index in [2.05, 4.69) is 16.6 Å². The largest absolute Gasteiger partial charge is 0.453 e. The van der Waals surface area contributed by atoms with Crippen LogP contribution in [0.4, 0.5) is 4.79 Å². The van der Waals surface area contributed by atoms with Gasteiger partial charge in [0, 0.05) is 7.11 Å². The Kier molecular flexibility index (Phi) is 5.14. The number of rotatable bonds is 4. The van der Waals surface area contributed by atoms with Crippen molar-refractivity contribution in [3.05, 3.63) is 12.2 Å². The summed E-state index contributed by atoms with van der Waals surface area (Å²) in [5, 5.41) is 2.63. The van der Waals surface area contributed by atoms with Gasteiger partial charge in [0.2, 0.25) is 0 Å². The number of alkyl carbamates (subject to hydrolysis) is 1. The van der Waals surface area contributed by atoms with E-state index in [0.717, 1.165) is 5.57 Å². The van der Waals surface area contributed by atoms with Crippen LogP contribution in [0.2, 0.25) is 0 Å². The van der Waals surface area contributed by atoms with E-state index in [-0.39, 0.29) is 12.1 Å². The van der Waals surface area contributed by atoms with Crippen molar-refractivity contribution >= 4 is 6.09 Å². The molecule has 0 saturated carbocycles. The van der Waals surface area contributed by atoms with Crippen molar-refractivity contribution in [3.63, 3.8) is 0 Å². The third-order valence-electron chi connectivity index (χ3n) is 1.83. The summed E-state index contributed by atoms with van der Waals surface area (Å²) in [5.41, 5.74) is 0.833. The molecule has 0 aromatic heterocycles. The molecule has 0 aliphatic rings. The molecule has 0 saturated heterocycles. The van der Waals surface area contributed by atoms with Crippen LogP contribution in [0.15, 0.2) is 12.2 Å². The highest BCUT2D eigenvalue weighted by atomic mass is 16.5. The molecule has 1 N–H and O–H groups in total. The Labute approximate surface area is 78.9 Å². The zero-order chi connectivity index (χ0) is 10.4. The molecule has 2 unspecified atom stereocenters. The van der Waals surface area contributed by atoms with Crippen molar-refractivity contribution in [1.29, 1.82) is 0 Å². The van der Waals surface area contributed by atoms with Crippen LogP contribution in [0.1, 0.15) is 13.8 Å². The van der Waals surface area contributed by atoms with E-state index >= 15 is 0 Å². The fourth-order valence-corrected chi connectivity index (χ4v) is 0.963. The number of carbonyl (C=O) groups is 1. The Bertz CT molecular complexity index is 191. The minimum atomic E-state index is -0.475. The molecule has 76 valence electrons. The monoisotopic (exact) mass is 187 g/mol. The standard InChI is InChI=1S/C9H17NO3/c1-6(2)8(7(3)12-4)10-9(11)13-5/h7-8H,1H2,2-5H3,(H,10,11). The van der Waals surface area contributed by atoms with Gasteiger partial charge in [-0.3, -0.25) is 0 Å². The van der Waals surface area contributed by atoms with Crippen LogP contribution < -0.4 is 5.32 Å². The Hall–Kier alpha value is -1.03. The average Bonchev–Trinajstić information content (AvgIpc) is 2.11. The highest BCUT2D eigenvalue weighted by Gasteiger charge is 2.19. The molecule has 4 heteroatoms. The molecule has 13 heavy (non-hydrogen) atoms. The number of methoxy groups -OCH3 is 2. The van der Waals surface area contributed by atoms with Gasteiger partial charge in [-0.05, 0) is 13.8 Å². The van der Waals surface area contributed by atoms with E-state index in [1.165, 1.54) is 7.11 Å². The molecule has 2 atom stereocenters. The number of hydrogen-bond donors (Lipinski definition) is 1. The van der Waals surface area contributed by atoms with Gasteiger partial charge in [0.25, 0.3) is 0 Å². The van der Waals surface area contributed by atoms with Gasteiger partial charge in [0.15, 0.2) is 0 Å². The molecule has 0 aromatic rings. The summed E-state index contributed by atoms with van der Waals surface area (Å²) in [6, 6.07) is -0.211. The molecule has 1 amide bonds. The minimum Gasteiger partial charge on any atom is -0.453 e. The van der Waals surface area contributed by atoms with Crippen molar-refractivity contribution < 1.29 is 14.3 Å². The first-order valence-electron chi connectivity index (χ1n) is 4.05. The quantitative estimate of drug-likeness (QED) is 0.675. The lowest BCUT2D eigenvalue weighted by Crippen LogP contribution is -2.43. The second-order valence-corrected chi connectivity index (χ2v) is 2.90. The summed E-state index contributed by atoms with van der Waals surface area (Å²) in [4.78, 5) is 10.9. The smallest absolute Gasteiger partial charge is 0.407 e. The summed E-state index contributed by atoms with van der Waals surface area (Å²) in [5.74, 6) is 0. The van der Waals surface area contributed by atoms with Gasteiger partial charge in [-0.1, -0.05) is 12.2 Å². The first-order valence-corrected chi connectivity index (χ1v) is 4.05. The van der Waals surface area contributed by atoms with Crippen LogP contribution in [0.3, 0.4) is 0 Å². The first-order chi connectivity index (χ1) is 6.02. The average molecular weight is 187 g/mol. The lowest BCUT2D eigenvalue weighted by atomic mass is 10.1. The molecule has 0 aromatic carbocycles. The number of ether oxygens (including phenoxy) is 2. The van der Waals surface area contributed by atoms with Crippen molar-refractivity contribution in [2.24, 2.45) is 0 Å². The Morgan fingerprint density at radius 2 is 2.00 bits per heavy atom. The normalized spacial score (nSPS) is 14.5. The van der Waals surface area contributed by atoms with E-state index in [1.54, 1.807) is 7.11 Å². The molecule has 0 heterocycles. The van der Waals surface area contributed by atoms with Crippen molar-refractivity contribution in [1.82, 2.24) is 5.32 Å². The fraction of sp³-hybridized carbons (Fsp3) is 0.667. The SMILES string of the molecule is C=C(C)C(NC(=O)OC)C(C)OC. The zero-order valence-electron chi connectivity index (χ0n) is 8.59. The van der Waals surface area contributed by atoms with Gasteiger partial charge < -0.3 is 14.8 Å². The summed E-state index contributed by atoms with van der Waals surface area (Å²) in [6.45, 7) is 7.45. The molecule has 0 spiro atoms. The van der Waals surface area contributed by atoms with Crippen molar-refractivity contribution in [2.45, 2.75) is 26.0 Å². The van der Waals surface area contributed by atoms with Crippen LogP contribution in [-0.2, 0) is 9.47 Å². The molecule has 0 aliphatic carbocycles. The highest BCUT2D eigenvalue weighted by molar-refractivity contribution is 5.68. The zero-order valence-corrected chi connectivity index (χ0v) is 8.59. The number of carbonyl (C=O) groups excluding carboxylic acids is 1. The van der Waals surface area contributed by atoms with E-state index in [1.807, 2.05) is 13.8 Å². The maximum absolute atomic E-state index is 10.9. The van der Waals surface area contributed by atoms with Gasteiger partial charge in [0.05, 0.1) is 19.3 Å². The third-order valence-corrected chi connectivity index (χ3v) is 1.83. The molecule has 0 aliphatic heterocycles. The number of amides is 1. The lowest BCUT2D eigenvalue weighted by Gasteiger charge is -2.23. The number of hydrogen-bond acceptors (Lipinski definition) is 3. The minimum absolute atomic E-state index is 0.114. The van der Waals surface area contributed by atoms with E-state index < -0.39 is 6.09 Å². The van der Waals surface area contributed by atoms with Gasteiger partial charge in [0.1, 0.15) is 0 Å². The second kappa shape index (κ2) is 5.59. The molecular formula is C9H17NO3. The van der Waals surface area contributed by atoms with Crippen LogP contribution in [0, 0.1) is 0 Å². The summed E-state index contributed by atoms with van der Waals surface area (Å²) in [6.07, 6.45) is -0.589. The predicted molar refractivity (Wildman–Crippen MR) is 50.6 cm³/mol. The van der Waals surface area contributed by atoms with Crippen LogP contribution in [-0.4, -0.2) is 32.5 Å². The van der Waals surface area contributed by atoms with Crippen LogP contribution in [0.5, 0.6) is 0 Å². The fourth-order valence-electron chi connectivity index (χ4n) is 0.963. The molecule has 0 radical (unpaired) electrons. The second-order valence-electron chi connectivity index (χ2n) is 2.90. The summed E-state index contributed by atoms with van der Waals surface area (Å²) >= 11 is 0. The van der Waals surface area contributed by atoms with Crippen molar-refractivity contribution in [3.8, 4) is 0 Å². The van der Waals surface area contributed by atoms with E-state index in [0.29, 0.717) is 0 Å². The molecule has 0 fully saturated rings. The van der Waals surface area contributed by atoms with E-state index in [9.17, 15) is 4.79 Å². The van der Waals surface area contributed by atoms with Gasteiger partial charge >= 0.3 is 6.09 Å². The lowest BCUT2D eigenvalue weighted by molar-refractivity contribution is 0.0891. The Morgan fingerprint density at radius 3 is 2.31 bits per heavy atom. The van der Waals surface area contributed by atoms with Crippen LogP contribution in [0.25, 0.3) is 0 Å². The number of nitrogens with one attached hydrogen (secondary N) is 1. The maximum Gasteiger partial charge on any atom is 0.407 e. The van der Waals surface area contributed by atoms with Gasteiger partial charge in [-0.15, -0.1) is 0 Å². The summed E-state index contributed by atoms with van der Waals surface area (Å²) in [7, 11) is 2.90. The van der Waals surface area contributed by atoms with Gasteiger partial charge in [-0.25, -0.2) is 4.79 Å². The van der Waals surface area contributed by atoms with E-state index in [4.69, 9.17) is 4.74 Å². The highest BCUT2D eigenvalue weighted by Crippen LogP contribution is 2.06. The van der Waals surface area contributed by atoms with Gasteiger partial charge in [-0.2, -0.15) is 0 Å². The Morgan fingerprint density at radius 1 is 1.46 bits per heavy atom. The van der Waals surface area contributed by atoms with Crippen LogP contribution >= 0.6 is 0 Å². The molecular weight excluding hydrogens is 170 g/mol. The van der Waals surface area contributed by atoms with Crippen molar-refractivity contribution in [2.75, 3.05) is 14.2 Å². The molecule has 4 nitrogen and oxygen atoms in total. The maximum atomic E-state index is 10.9. The molecule has 0 rings (SSSR count). The first kappa shape index (κ1) is 12.0. The molecule has 0 bridgehead atoms.